The van der Waals surface area contributed by atoms with Crippen molar-refractivity contribution in [3.05, 3.63) is 0 Å². The molecule has 2 heteroatoms. The van der Waals surface area contributed by atoms with Gasteiger partial charge in [-0.05, 0) is 71.8 Å². The first kappa shape index (κ1) is 19.0. The van der Waals surface area contributed by atoms with Gasteiger partial charge in [0.2, 0.25) is 0 Å². The van der Waals surface area contributed by atoms with E-state index in [1.54, 1.807) is 0 Å². The highest BCUT2D eigenvalue weighted by Gasteiger charge is 2.37. The van der Waals surface area contributed by atoms with Crippen LogP contribution in [0.15, 0.2) is 0 Å². The van der Waals surface area contributed by atoms with E-state index in [-0.39, 0.29) is 5.54 Å². The molecule has 1 aliphatic carbocycles. The smallest absolute Gasteiger partial charge is 0.00967 e. The SMILES string of the molecule is CCCN(CC1(CNC(C)(C)C)CCCC(C)C1)C(C)C. The highest BCUT2D eigenvalue weighted by Crippen LogP contribution is 2.40. The van der Waals surface area contributed by atoms with Crippen LogP contribution in [-0.4, -0.2) is 36.1 Å². The average Bonchev–Trinajstić information content (AvgIpc) is 2.35. The molecule has 0 aromatic rings. The number of nitrogens with zero attached hydrogens (tertiary/aromatic N) is 1. The minimum Gasteiger partial charge on any atom is -0.311 e. The van der Waals surface area contributed by atoms with Gasteiger partial charge < -0.3 is 10.2 Å². The van der Waals surface area contributed by atoms with E-state index in [1.165, 1.54) is 51.7 Å². The first-order valence-electron chi connectivity index (χ1n) is 9.16. The van der Waals surface area contributed by atoms with Crippen LogP contribution >= 0.6 is 0 Å². The van der Waals surface area contributed by atoms with Crippen molar-refractivity contribution < 1.29 is 0 Å². The Kier molecular flexibility index (Phi) is 7.19. The van der Waals surface area contributed by atoms with Crippen LogP contribution in [0.1, 0.15) is 80.6 Å². The maximum absolute atomic E-state index is 3.81. The van der Waals surface area contributed by atoms with Gasteiger partial charge in [-0.25, -0.2) is 0 Å². The van der Waals surface area contributed by atoms with Crippen LogP contribution in [0, 0.1) is 11.3 Å². The van der Waals surface area contributed by atoms with Crippen molar-refractivity contribution in [3.8, 4) is 0 Å². The van der Waals surface area contributed by atoms with Crippen molar-refractivity contribution in [2.75, 3.05) is 19.6 Å². The third-order valence-electron chi connectivity index (χ3n) is 4.96. The molecule has 2 nitrogen and oxygen atoms in total. The minimum atomic E-state index is 0.223. The molecule has 2 unspecified atom stereocenters. The zero-order chi connectivity index (χ0) is 16.1. The fraction of sp³-hybridized carbons (Fsp3) is 1.00. The van der Waals surface area contributed by atoms with Gasteiger partial charge in [-0.15, -0.1) is 0 Å². The molecule has 21 heavy (non-hydrogen) atoms. The molecule has 0 spiro atoms. The summed E-state index contributed by atoms with van der Waals surface area (Å²) >= 11 is 0. The Bertz CT molecular complexity index is 292. The van der Waals surface area contributed by atoms with E-state index in [1.807, 2.05) is 0 Å². The molecule has 0 aliphatic heterocycles. The minimum absolute atomic E-state index is 0.223. The quantitative estimate of drug-likeness (QED) is 0.733. The second kappa shape index (κ2) is 7.97. The average molecular weight is 297 g/mol. The molecular weight excluding hydrogens is 256 g/mol. The first-order valence-corrected chi connectivity index (χ1v) is 9.16. The van der Waals surface area contributed by atoms with Crippen LogP contribution < -0.4 is 5.32 Å². The molecule has 1 N–H and O–H groups in total. The fourth-order valence-corrected chi connectivity index (χ4v) is 3.82. The first-order chi connectivity index (χ1) is 9.67. The highest BCUT2D eigenvalue weighted by molar-refractivity contribution is 4.92. The molecular formula is C19H40N2. The Labute approximate surface area is 134 Å². The van der Waals surface area contributed by atoms with Gasteiger partial charge in [0.25, 0.3) is 0 Å². The molecule has 0 saturated heterocycles. The lowest BCUT2D eigenvalue weighted by atomic mass is 9.69. The summed E-state index contributed by atoms with van der Waals surface area (Å²) in [6.45, 7) is 20.0. The van der Waals surface area contributed by atoms with Crippen molar-refractivity contribution in [2.24, 2.45) is 11.3 Å². The molecule has 1 saturated carbocycles. The molecule has 0 aromatic carbocycles. The topological polar surface area (TPSA) is 15.3 Å². The van der Waals surface area contributed by atoms with Gasteiger partial charge in [0, 0.05) is 24.7 Å². The lowest BCUT2D eigenvalue weighted by molar-refractivity contribution is 0.0595. The Morgan fingerprint density at radius 2 is 1.95 bits per heavy atom. The molecule has 1 fully saturated rings. The second-order valence-electron chi connectivity index (χ2n) is 8.87. The van der Waals surface area contributed by atoms with Crippen molar-refractivity contribution in [3.63, 3.8) is 0 Å². The van der Waals surface area contributed by atoms with Gasteiger partial charge in [0.05, 0.1) is 0 Å². The van der Waals surface area contributed by atoms with Crippen LogP contribution in [0.3, 0.4) is 0 Å². The van der Waals surface area contributed by atoms with Gasteiger partial charge in [0.1, 0.15) is 0 Å². The van der Waals surface area contributed by atoms with Crippen LogP contribution in [-0.2, 0) is 0 Å². The van der Waals surface area contributed by atoms with Gasteiger partial charge in [0.15, 0.2) is 0 Å². The van der Waals surface area contributed by atoms with Gasteiger partial charge in [-0.2, -0.15) is 0 Å². The number of nitrogens with one attached hydrogen (secondary N) is 1. The third kappa shape index (κ3) is 6.69. The molecule has 0 radical (unpaired) electrons. The summed E-state index contributed by atoms with van der Waals surface area (Å²) in [5.41, 5.74) is 0.700. The fourth-order valence-electron chi connectivity index (χ4n) is 3.82. The molecule has 0 bridgehead atoms. The van der Waals surface area contributed by atoms with Crippen molar-refractivity contribution in [2.45, 2.75) is 92.2 Å². The molecule has 1 rings (SSSR count). The lowest BCUT2D eigenvalue weighted by Crippen LogP contribution is -2.51. The predicted molar refractivity (Wildman–Crippen MR) is 94.8 cm³/mol. The third-order valence-corrected chi connectivity index (χ3v) is 4.96. The molecule has 0 amide bonds. The normalized spacial score (nSPS) is 27.6. The van der Waals surface area contributed by atoms with Crippen molar-refractivity contribution in [1.82, 2.24) is 10.2 Å². The predicted octanol–water partition coefficient (Wildman–Crippen LogP) is 4.69. The van der Waals surface area contributed by atoms with Crippen LogP contribution in [0.5, 0.6) is 0 Å². The standard InChI is InChI=1S/C19H40N2/c1-8-12-21(16(2)3)15-19(14-20-18(5,6)7)11-9-10-17(4)13-19/h16-17,20H,8-15H2,1-7H3. The molecule has 1 aliphatic rings. The zero-order valence-electron chi connectivity index (χ0n) is 15.8. The summed E-state index contributed by atoms with van der Waals surface area (Å²) in [6, 6.07) is 0.661. The Balaban J connectivity index is 2.79. The van der Waals surface area contributed by atoms with E-state index >= 15 is 0 Å². The summed E-state index contributed by atoms with van der Waals surface area (Å²) in [6.07, 6.45) is 6.88. The maximum atomic E-state index is 3.81. The van der Waals surface area contributed by atoms with Gasteiger partial charge in [-0.1, -0.05) is 26.7 Å². The molecule has 126 valence electrons. The lowest BCUT2D eigenvalue weighted by Gasteiger charge is -2.46. The Hall–Kier alpha value is -0.0800. The Morgan fingerprint density at radius 3 is 2.43 bits per heavy atom. The molecule has 0 heterocycles. The zero-order valence-corrected chi connectivity index (χ0v) is 15.8. The summed E-state index contributed by atoms with van der Waals surface area (Å²) in [5.74, 6) is 0.885. The molecule has 2 atom stereocenters. The van der Waals surface area contributed by atoms with E-state index in [0.717, 1.165) is 5.92 Å². The number of rotatable bonds is 7. The van der Waals surface area contributed by atoms with Gasteiger partial charge >= 0.3 is 0 Å². The second-order valence-corrected chi connectivity index (χ2v) is 8.87. The van der Waals surface area contributed by atoms with Crippen molar-refractivity contribution >= 4 is 0 Å². The van der Waals surface area contributed by atoms with Gasteiger partial charge in [-0.3, -0.25) is 0 Å². The summed E-state index contributed by atoms with van der Waals surface area (Å²) in [7, 11) is 0. The van der Waals surface area contributed by atoms with E-state index in [2.05, 4.69) is 58.7 Å². The monoisotopic (exact) mass is 296 g/mol. The van der Waals surface area contributed by atoms with E-state index in [0.29, 0.717) is 11.5 Å². The Morgan fingerprint density at radius 1 is 1.29 bits per heavy atom. The van der Waals surface area contributed by atoms with Crippen LogP contribution in [0.2, 0.25) is 0 Å². The summed E-state index contributed by atoms with van der Waals surface area (Å²) in [4.78, 5) is 2.71. The molecule has 0 aromatic heterocycles. The maximum Gasteiger partial charge on any atom is 0.00967 e. The summed E-state index contributed by atoms with van der Waals surface area (Å²) in [5, 5.41) is 3.81. The van der Waals surface area contributed by atoms with E-state index in [4.69, 9.17) is 0 Å². The number of hydrogen-bond acceptors (Lipinski definition) is 2. The highest BCUT2D eigenvalue weighted by atomic mass is 15.2. The number of hydrogen-bond donors (Lipinski definition) is 1. The summed E-state index contributed by atoms with van der Waals surface area (Å²) < 4.78 is 0. The van der Waals surface area contributed by atoms with Crippen molar-refractivity contribution in [1.29, 1.82) is 0 Å². The van der Waals surface area contributed by atoms with Crippen LogP contribution in [0.4, 0.5) is 0 Å². The largest absolute Gasteiger partial charge is 0.311 e. The van der Waals surface area contributed by atoms with E-state index in [9.17, 15) is 0 Å². The van der Waals surface area contributed by atoms with Crippen LogP contribution in [0.25, 0.3) is 0 Å². The van der Waals surface area contributed by atoms with E-state index < -0.39 is 0 Å².